The topological polar surface area (TPSA) is 120 Å². The summed E-state index contributed by atoms with van der Waals surface area (Å²) in [5.74, 6) is 0.399. The van der Waals surface area contributed by atoms with Crippen molar-refractivity contribution in [3.63, 3.8) is 0 Å². The van der Waals surface area contributed by atoms with E-state index in [1.807, 2.05) is 36.4 Å². The number of Topliss-reactive ketones (excluding diaryl/α,β-unsaturated/α-hetero) is 1. The van der Waals surface area contributed by atoms with Crippen LogP contribution in [0.1, 0.15) is 67.7 Å². The maximum Gasteiger partial charge on any atom is 0.240 e. The normalized spacial score (nSPS) is 12.3. The van der Waals surface area contributed by atoms with Crippen LogP contribution >= 0.6 is 23.2 Å². The predicted octanol–water partition coefficient (Wildman–Crippen LogP) is 5.43. The zero-order valence-electron chi connectivity index (χ0n) is 21.9. The summed E-state index contributed by atoms with van der Waals surface area (Å²) < 4.78 is 11.2. The summed E-state index contributed by atoms with van der Waals surface area (Å²) in [6, 6.07) is 12.3. The number of carbonyl (C=O) groups is 2. The Morgan fingerprint density at radius 3 is 2.42 bits per heavy atom. The molecule has 1 heterocycles. The Labute approximate surface area is 233 Å². The first-order chi connectivity index (χ1) is 18.1. The predicted molar refractivity (Wildman–Crippen MR) is 148 cm³/mol. The van der Waals surface area contributed by atoms with Crippen LogP contribution in [-0.2, 0) is 17.6 Å². The number of ether oxygens (including phenoxy) is 1. The van der Waals surface area contributed by atoms with Crippen molar-refractivity contribution < 1.29 is 18.8 Å². The van der Waals surface area contributed by atoms with Crippen LogP contribution in [0.25, 0.3) is 0 Å². The molecule has 2 aromatic carbocycles. The van der Waals surface area contributed by atoms with E-state index in [4.69, 9.17) is 38.2 Å². The average Bonchev–Trinajstić information content (AvgIpc) is 3.34. The number of nitrogens with zero attached hydrogens (tertiary/aromatic N) is 2. The van der Waals surface area contributed by atoms with Crippen LogP contribution in [0.15, 0.2) is 47.0 Å². The number of nitrogens with one attached hydrogen (secondary N) is 1. The van der Waals surface area contributed by atoms with Gasteiger partial charge in [-0.2, -0.15) is 4.98 Å². The lowest BCUT2D eigenvalue weighted by molar-refractivity contribution is -0.129. The van der Waals surface area contributed by atoms with Gasteiger partial charge in [0.1, 0.15) is 5.75 Å². The monoisotopic (exact) mass is 560 g/mol. The van der Waals surface area contributed by atoms with E-state index >= 15 is 0 Å². The molecule has 0 aliphatic heterocycles. The fraction of sp³-hybridized carbons (Fsp3) is 0.429. The van der Waals surface area contributed by atoms with Crippen molar-refractivity contribution in [2.75, 3.05) is 13.2 Å². The van der Waals surface area contributed by atoms with Crippen molar-refractivity contribution in [1.29, 1.82) is 0 Å². The van der Waals surface area contributed by atoms with Crippen LogP contribution in [0, 0.1) is 5.41 Å². The van der Waals surface area contributed by atoms with Crippen molar-refractivity contribution in [3.05, 3.63) is 75.4 Å². The highest BCUT2D eigenvalue weighted by Gasteiger charge is 2.30. The fourth-order valence-corrected chi connectivity index (χ4v) is 3.90. The second kappa shape index (κ2) is 13.7. The summed E-state index contributed by atoms with van der Waals surface area (Å²) in [6.45, 7) is 6.39. The third-order valence-electron chi connectivity index (χ3n) is 5.86. The summed E-state index contributed by atoms with van der Waals surface area (Å²) in [6.07, 6.45) is 2.96. The molecule has 1 atom stereocenters. The largest absolute Gasteiger partial charge is 0.493 e. The molecule has 0 saturated carbocycles. The fourth-order valence-electron chi connectivity index (χ4n) is 3.58. The lowest BCUT2D eigenvalue weighted by Gasteiger charge is -2.22. The molecule has 38 heavy (non-hydrogen) atoms. The van der Waals surface area contributed by atoms with Gasteiger partial charge < -0.3 is 20.3 Å². The van der Waals surface area contributed by atoms with Gasteiger partial charge in [-0.3, -0.25) is 9.59 Å². The summed E-state index contributed by atoms with van der Waals surface area (Å²) in [7, 11) is 0. The van der Waals surface area contributed by atoms with Gasteiger partial charge in [0.15, 0.2) is 0 Å². The summed E-state index contributed by atoms with van der Waals surface area (Å²) in [5.41, 5.74) is 6.92. The van der Waals surface area contributed by atoms with E-state index < -0.39 is 11.5 Å². The van der Waals surface area contributed by atoms with E-state index in [0.29, 0.717) is 54.8 Å². The van der Waals surface area contributed by atoms with Gasteiger partial charge in [-0.15, -0.1) is 0 Å². The number of hydrogen-bond donors (Lipinski definition) is 2. The third-order valence-corrected chi connectivity index (χ3v) is 6.60. The van der Waals surface area contributed by atoms with Crippen LogP contribution in [0.4, 0.5) is 0 Å². The number of ketones is 1. The minimum absolute atomic E-state index is 0.0470. The zero-order chi connectivity index (χ0) is 27.7. The van der Waals surface area contributed by atoms with Gasteiger partial charge in [-0.1, -0.05) is 67.3 Å². The van der Waals surface area contributed by atoms with Gasteiger partial charge >= 0.3 is 0 Å². The molecular formula is C28H34Cl2N4O4. The number of amides is 1. The third kappa shape index (κ3) is 8.82. The number of nitrogens with two attached hydrogens (primary N) is 1. The SMILES string of the molecule is CC(C)(C)C(=O)NC(CCCCN)C(=O)c1noc(Cc2ccc(OCCc3ccc(Cl)c(Cl)c3)cc2)n1. The van der Waals surface area contributed by atoms with Crippen molar-refractivity contribution in [3.8, 4) is 5.75 Å². The molecule has 8 nitrogen and oxygen atoms in total. The molecule has 1 aromatic heterocycles. The molecule has 3 N–H and O–H groups in total. The highest BCUT2D eigenvalue weighted by atomic mass is 35.5. The second-order valence-electron chi connectivity index (χ2n) is 10.1. The Morgan fingerprint density at radius 2 is 1.76 bits per heavy atom. The Morgan fingerprint density at radius 1 is 1.05 bits per heavy atom. The van der Waals surface area contributed by atoms with Crippen molar-refractivity contribution in [1.82, 2.24) is 15.5 Å². The summed E-state index contributed by atoms with van der Waals surface area (Å²) in [5, 5.41) is 7.76. The molecule has 0 spiro atoms. The van der Waals surface area contributed by atoms with Crippen molar-refractivity contribution in [2.24, 2.45) is 11.1 Å². The molecule has 0 aliphatic carbocycles. The summed E-state index contributed by atoms with van der Waals surface area (Å²) in [4.78, 5) is 29.9. The van der Waals surface area contributed by atoms with Gasteiger partial charge in [0.25, 0.3) is 0 Å². The van der Waals surface area contributed by atoms with Crippen LogP contribution in [0.3, 0.4) is 0 Å². The molecule has 204 valence electrons. The van der Waals surface area contributed by atoms with Crippen LogP contribution in [0.5, 0.6) is 5.75 Å². The van der Waals surface area contributed by atoms with E-state index in [1.165, 1.54) is 0 Å². The van der Waals surface area contributed by atoms with Gasteiger partial charge in [-0.25, -0.2) is 0 Å². The molecule has 3 aromatic rings. The van der Waals surface area contributed by atoms with Crippen molar-refractivity contribution in [2.45, 2.75) is 58.9 Å². The number of rotatable bonds is 13. The van der Waals surface area contributed by atoms with Gasteiger partial charge in [0.05, 0.1) is 29.1 Å². The molecule has 0 fully saturated rings. The molecule has 0 radical (unpaired) electrons. The average molecular weight is 562 g/mol. The van der Waals surface area contributed by atoms with E-state index in [1.54, 1.807) is 26.8 Å². The zero-order valence-corrected chi connectivity index (χ0v) is 23.4. The van der Waals surface area contributed by atoms with Crippen LogP contribution in [-0.4, -0.2) is 41.0 Å². The second-order valence-corrected chi connectivity index (χ2v) is 10.9. The Kier molecular flexibility index (Phi) is 10.7. The van der Waals surface area contributed by atoms with E-state index in [9.17, 15) is 9.59 Å². The number of hydrogen-bond acceptors (Lipinski definition) is 7. The van der Waals surface area contributed by atoms with E-state index in [-0.39, 0.29) is 17.5 Å². The highest BCUT2D eigenvalue weighted by molar-refractivity contribution is 6.42. The highest BCUT2D eigenvalue weighted by Crippen LogP contribution is 2.23. The molecule has 1 unspecified atom stereocenters. The molecular weight excluding hydrogens is 527 g/mol. The Bertz CT molecular complexity index is 1220. The number of carbonyl (C=O) groups excluding carboxylic acids is 2. The smallest absolute Gasteiger partial charge is 0.240 e. The first kappa shape index (κ1) is 29.6. The maximum absolute atomic E-state index is 13.1. The number of benzene rings is 2. The first-order valence-electron chi connectivity index (χ1n) is 12.6. The lowest BCUT2D eigenvalue weighted by Crippen LogP contribution is -2.46. The van der Waals surface area contributed by atoms with Gasteiger partial charge in [-0.05, 0) is 61.2 Å². The first-order valence-corrected chi connectivity index (χ1v) is 13.4. The van der Waals surface area contributed by atoms with Gasteiger partial charge in [0, 0.05) is 11.8 Å². The van der Waals surface area contributed by atoms with E-state index in [2.05, 4.69) is 15.5 Å². The van der Waals surface area contributed by atoms with Gasteiger partial charge in [0.2, 0.25) is 23.4 Å². The molecule has 0 bridgehead atoms. The van der Waals surface area contributed by atoms with Crippen LogP contribution in [0.2, 0.25) is 10.0 Å². The molecule has 10 heteroatoms. The Balaban J connectivity index is 1.56. The molecule has 3 rings (SSSR count). The summed E-state index contributed by atoms with van der Waals surface area (Å²) >= 11 is 12.0. The van der Waals surface area contributed by atoms with Crippen molar-refractivity contribution >= 4 is 34.9 Å². The number of halogens is 2. The quantitative estimate of drug-likeness (QED) is 0.211. The lowest BCUT2D eigenvalue weighted by atomic mass is 9.94. The standard InChI is InChI=1S/C28H34Cl2N4O4/c1-28(2,3)27(36)32-23(6-4-5-14-31)25(35)26-33-24(38-34-26)17-18-7-10-20(11-8-18)37-15-13-19-9-12-21(29)22(30)16-19/h7-12,16,23H,4-6,13-15,17,31H2,1-3H3,(H,32,36). The number of aromatic nitrogens is 2. The molecule has 0 saturated heterocycles. The van der Waals surface area contributed by atoms with Crippen LogP contribution < -0.4 is 15.8 Å². The molecule has 0 aliphatic rings. The minimum Gasteiger partial charge on any atom is -0.493 e. The molecule has 1 amide bonds. The minimum atomic E-state index is -0.737. The maximum atomic E-state index is 13.1. The Hall–Kier alpha value is -2.94. The van der Waals surface area contributed by atoms with E-state index in [0.717, 1.165) is 23.3 Å². The number of unbranched alkanes of at least 4 members (excludes halogenated alkanes) is 1.